The molecule has 10 heteroatoms. The zero-order chi connectivity index (χ0) is 25.2. The quantitative estimate of drug-likeness (QED) is 0.307. The van der Waals surface area contributed by atoms with E-state index in [-0.39, 0.29) is 11.0 Å². The predicted molar refractivity (Wildman–Crippen MR) is 117 cm³/mol. The average molecular weight is 480 g/mol. The van der Waals surface area contributed by atoms with E-state index in [1.165, 1.54) is 18.2 Å². The Labute approximate surface area is 191 Å². The summed E-state index contributed by atoms with van der Waals surface area (Å²) in [6.45, 7) is 7.96. The number of hydrogen-bond donors (Lipinski definition) is 1. The van der Waals surface area contributed by atoms with Crippen LogP contribution in [0, 0.1) is 6.92 Å². The van der Waals surface area contributed by atoms with Gasteiger partial charge in [-0.05, 0) is 36.8 Å². The molecule has 180 valence electrons. The number of aryl methyl sites for hydroxylation is 1. The first-order valence-electron chi connectivity index (χ1n) is 10.4. The number of benzene rings is 2. The van der Waals surface area contributed by atoms with E-state index in [2.05, 4.69) is 15.1 Å². The molecule has 0 aliphatic heterocycles. The van der Waals surface area contributed by atoms with Crippen molar-refractivity contribution in [3.63, 3.8) is 0 Å². The fourth-order valence-corrected chi connectivity index (χ4v) is 4.29. The summed E-state index contributed by atoms with van der Waals surface area (Å²) in [5, 5.41) is 4.58. The van der Waals surface area contributed by atoms with Gasteiger partial charge in [0.25, 0.3) is 0 Å². The number of halogens is 6. The van der Waals surface area contributed by atoms with Gasteiger partial charge in [0.1, 0.15) is 5.69 Å². The van der Waals surface area contributed by atoms with Crippen LogP contribution in [0.1, 0.15) is 43.2 Å². The first-order chi connectivity index (χ1) is 15.6. The Morgan fingerprint density at radius 2 is 1.47 bits per heavy atom. The predicted octanol–water partition coefficient (Wildman–Crippen LogP) is 7.27. The van der Waals surface area contributed by atoms with Gasteiger partial charge in [-0.25, -0.2) is 4.98 Å². The number of H-pyrrole nitrogens is 1. The second-order valence-corrected chi connectivity index (χ2v) is 9.24. The highest BCUT2D eigenvalue weighted by Gasteiger charge is 2.41. The van der Waals surface area contributed by atoms with Gasteiger partial charge in [0.2, 0.25) is 0 Å². The highest BCUT2D eigenvalue weighted by Crippen LogP contribution is 2.45. The molecule has 0 aliphatic rings. The molecular formula is C24H22F6N4. The number of nitrogens with zero attached hydrogens (tertiary/aromatic N) is 3. The summed E-state index contributed by atoms with van der Waals surface area (Å²) in [6, 6.07) is 5.97. The lowest BCUT2D eigenvalue weighted by Gasteiger charge is -2.19. The van der Waals surface area contributed by atoms with Gasteiger partial charge in [0, 0.05) is 23.6 Å². The fraction of sp³-hybridized carbons (Fsp3) is 0.333. The van der Waals surface area contributed by atoms with Crippen LogP contribution >= 0.6 is 0 Å². The largest absolute Gasteiger partial charge is 0.417 e. The van der Waals surface area contributed by atoms with Crippen molar-refractivity contribution in [1.29, 1.82) is 0 Å². The lowest BCUT2D eigenvalue weighted by atomic mass is 9.89. The van der Waals surface area contributed by atoms with E-state index in [0.29, 0.717) is 34.7 Å². The van der Waals surface area contributed by atoms with Crippen molar-refractivity contribution >= 4 is 11.0 Å². The maximum Gasteiger partial charge on any atom is 0.417 e. The minimum absolute atomic E-state index is 0.208. The smallest absolute Gasteiger partial charge is 0.337 e. The van der Waals surface area contributed by atoms with Gasteiger partial charge in [-0.1, -0.05) is 32.9 Å². The summed E-state index contributed by atoms with van der Waals surface area (Å²) < 4.78 is 83.5. The Balaban J connectivity index is 1.92. The molecule has 0 bridgehead atoms. The molecule has 2 aromatic carbocycles. The molecule has 4 rings (SSSR count). The summed E-state index contributed by atoms with van der Waals surface area (Å²) >= 11 is 0. The van der Waals surface area contributed by atoms with Crippen LogP contribution in [-0.4, -0.2) is 19.7 Å². The van der Waals surface area contributed by atoms with Gasteiger partial charge in [0.05, 0.1) is 27.9 Å². The Morgan fingerprint density at radius 1 is 0.882 bits per heavy atom. The molecule has 1 N–H and O–H groups in total. The molecule has 0 radical (unpaired) electrons. The highest BCUT2D eigenvalue weighted by atomic mass is 19.4. The first kappa shape index (κ1) is 23.8. The normalized spacial score (nSPS) is 13.1. The summed E-state index contributed by atoms with van der Waals surface area (Å²) in [7, 11) is 1.76. The zero-order valence-corrected chi connectivity index (χ0v) is 19.1. The maximum absolute atomic E-state index is 13.6. The molecule has 0 aliphatic carbocycles. The van der Waals surface area contributed by atoms with Crippen LogP contribution in [0.4, 0.5) is 26.3 Å². The van der Waals surface area contributed by atoms with Crippen LogP contribution < -0.4 is 0 Å². The van der Waals surface area contributed by atoms with Crippen molar-refractivity contribution in [1.82, 2.24) is 19.7 Å². The van der Waals surface area contributed by atoms with E-state index in [4.69, 9.17) is 0 Å². The minimum Gasteiger partial charge on any atom is -0.337 e. The molecule has 2 heterocycles. The summed E-state index contributed by atoms with van der Waals surface area (Å²) in [6.07, 6.45) is -9.92. The molecular weight excluding hydrogens is 458 g/mol. The van der Waals surface area contributed by atoms with E-state index in [0.717, 1.165) is 17.3 Å². The Kier molecular flexibility index (Phi) is 5.34. The number of aromatic nitrogens is 4. The molecule has 0 spiro atoms. The number of nitrogens with one attached hydrogen (secondary N) is 1. The Bertz CT molecular complexity index is 1350. The van der Waals surface area contributed by atoms with Gasteiger partial charge in [-0.3, -0.25) is 4.68 Å². The average Bonchev–Trinajstić information content (AvgIpc) is 3.24. The number of fused-ring (bicyclic) bond motifs is 1. The first-order valence-corrected chi connectivity index (χ1v) is 10.4. The molecule has 0 saturated carbocycles. The number of imidazole rings is 1. The molecule has 0 unspecified atom stereocenters. The number of aromatic amines is 1. The van der Waals surface area contributed by atoms with Crippen molar-refractivity contribution in [3.05, 3.63) is 58.8 Å². The molecule has 0 atom stereocenters. The lowest BCUT2D eigenvalue weighted by Crippen LogP contribution is -2.14. The minimum atomic E-state index is -4.96. The monoisotopic (exact) mass is 480 g/mol. The number of rotatable bonds is 2. The third-order valence-electron chi connectivity index (χ3n) is 5.66. The van der Waals surface area contributed by atoms with Gasteiger partial charge in [-0.2, -0.15) is 31.4 Å². The molecule has 0 amide bonds. The molecule has 4 nitrogen and oxygen atoms in total. The van der Waals surface area contributed by atoms with Gasteiger partial charge in [0.15, 0.2) is 5.82 Å². The van der Waals surface area contributed by atoms with Crippen LogP contribution in [-0.2, 0) is 24.8 Å². The van der Waals surface area contributed by atoms with Crippen LogP contribution in [0.15, 0.2) is 36.4 Å². The third kappa shape index (κ3) is 4.05. The van der Waals surface area contributed by atoms with Gasteiger partial charge < -0.3 is 4.98 Å². The van der Waals surface area contributed by atoms with Gasteiger partial charge >= 0.3 is 12.4 Å². The van der Waals surface area contributed by atoms with E-state index < -0.39 is 29.0 Å². The van der Waals surface area contributed by atoms with E-state index in [1.807, 2.05) is 27.7 Å². The van der Waals surface area contributed by atoms with Crippen molar-refractivity contribution < 1.29 is 26.3 Å². The fourth-order valence-electron chi connectivity index (χ4n) is 4.29. The summed E-state index contributed by atoms with van der Waals surface area (Å²) in [5.41, 5.74) is -0.880. The molecule has 0 saturated heterocycles. The van der Waals surface area contributed by atoms with Crippen LogP contribution in [0.5, 0.6) is 0 Å². The van der Waals surface area contributed by atoms with Crippen LogP contribution in [0.3, 0.4) is 0 Å². The molecule has 0 fully saturated rings. The van der Waals surface area contributed by atoms with Crippen LogP contribution in [0.25, 0.3) is 33.7 Å². The highest BCUT2D eigenvalue weighted by molar-refractivity contribution is 5.86. The van der Waals surface area contributed by atoms with E-state index >= 15 is 0 Å². The summed E-state index contributed by atoms with van der Waals surface area (Å²) in [5.74, 6) is 0.426. The van der Waals surface area contributed by atoms with Crippen molar-refractivity contribution in [3.8, 4) is 22.6 Å². The Hall–Kier alpha value is -3.30. The molecule has 34 heavy (non-hydrogen) atoms. The number of alkyl halides is 6. The Morgan fingerprint density at radius 3 is 1.97 bits per heavy atom. The number of hydrogen-bond acceptors (Lipinski definition) is 2. The zero-order valence-electron chi connectivity index (χ0n) is 19.1. The third-order valence-corrected chi connectivity index (χ3v) is 5.66. The molecule has 4 aromatic rings. The van der Waals surface area contributed by atoms with Crippen molar-refractivity contribution in [2.45, 2.75) is 45.5 Å². The SMILES string of the molecule is Cc1c(C(C)(C)C)nn(C)c1-c1nc2ccc(-c3c(C(F)(F)F)cccc3C(F)(F)F)cc2[nH]1. The van der Waals surface area contributed by atoms with Crippen molar-refractivity contribution in [2.75, 3.05) is 0 Å². The van der Waals surface area contributed by atoms with Crippen LogP contribution in [0.2, 0.25) is 0 Å². The molecule has 2 aromatic heterocycles. The van der Waals surface area contributed by atoms with E-state index in [9.17, 15) is 26.3 Å². The maximum atomic E-state index is 13.6. The lowest BCUT2D eigenvalue weighted by molar-refractivity contribution is -0.142. The second-order valence-electron chi connectivity index (χ2n) is 9.24. The standard InChI is InChI=1S/C24H22F6N4/c1-12-19(34(5)33-20(12)22(2,3)4)21-31-16-10-9-13(11-17(16)32-21)18-14(23(25,26)27)7-6-8-15(18)24(28,29)30/h6-11H,1-5H3,(H,31,32). The van der Waals surface area contributed by atoms with E-state index in [1.54, 1.807) is 11.7 Å². The summed E-state index contributed by atoms with van der Waals surface area (Å²) in [4.78, 5) is 7.57. The topological polar surface area (TPSA) is 46.5 Å². The van der Waals surface area contributed by atoms with Crippen molar-refractivity contribution in [2.24, 2.45) is 7.05 Å². The van der Waals surface area contributed by atoms with Gasteiger partial charge in [-0.15, -0.1) is 0 Å². The second kappa shape index (κ2) is 7.61.